The van der Waals surface area contributed by atoms with Crippen LogP contribution in [0.4, 0.5) is 4.39 Å². The summed E-state index contributed by atoms with van der Waals surface area (Å²) >= 11 is 0. The molecule has 1 aliphatic carbocycles. The third-order valence-electron chi connectivity index (χ3n) is 6.70. The molecule has 2 heterocycles. The molecule has 2 N–H and O–H groups in total. The van der Waals surface area contributed by atoms with E-state index in [9.17, 15) is 14.0 Å². The van der Waals surface area contributed by atoms with Crippen molar-refractivity contribution >= 4 is 11.8 Å². The average Bonchev–Trinajstić information content (AvgIpc) is 2.85. The van der Waals surface area contributed by atoms with Crippen LogP contribution in [0.15, 0.2) is 42.6 Å². The number of nitrogens with zero attached hydrogens (tertiary/aromatic N) is 2. The third-order valence-corrected chi connectivity index (χ3v) is 6.70. The standard InChI is InChI=1S/C26H33FN4O2/c27-22-8-4-6-19(16-22)24-11-10-21(18-29-24)26(33)30-23-9-5-7-20(17-23)25(32)28-12-15-31-13-2-1-3-14-31/h4,6,8,10-11,16,18,20,23H,1-3,5,7,9,12-15,17H2,(H,28,32)(H,30,33). The molecule has 1 saturated heterocycles. The van der Waals surface area contributed by atoms with Crippen LogP contribution in [-0.2, 0) is 4.79 Å². The SMILES string of the molecule is O=C(NC1CCCC(C(=O)NCCN2CCCCC2)C1)c1ccc(-c2cccc(F)c2)nc1. The Labute approximate surface area is 195 Å². The van der Waals surface area contributed by atoms with Gasteiger partial charge >= 0.3 is 0 Å². The lowest BCUT2D eigenvalue weighted by Crippen LogP contribution is -2.44. The predicted octanol–water partition coefficient (Wildman–Crippen LogP) is 3.78. The van der Waals surface area contributed by atoms with E-state index in [4.69, 9.17) is 0 Å². The van der Waals surface area contributed by atoms with Crippen molar-refractivity contribution in [3.8, 4) is 11.3 Å². The highest BCUT2D eigenvalue weighted by molar-refractivity contribution is 5.94. The fourth-order valence-electron chi connectivity index (χ4n) is 4.84. The number of piperidine rings is 1. The zero-order chi connectivity index (χ0) is 23.0. The van der Waals surface area contributed by atoms with Crippen LogP contribution in [-0.4, -0.2) is 53.9 Å². The summed E-state index contributed by atoms with van der Waals surface area (Å²) in [4.78, 5) is 32.1. The van der Waals surface area contributed by atoms with Crippen LogP contribution in [0.2, 0.25) is 0 Å². The zero-order valence-electron chi connectivity index (χ0n) is 19.1. The molecule has 2 fully saturated rings. The number of halogens is 1. The molecule has 0 bridgehead atoms. The Morgan fingerprint density at radius 2 is 1.91 bits per heavy atom. The summed E-state index contributed by atoms with van der Waals surface area (Å²) in [5.41, 5.74) is 1.75. The van der Waals surface area contributed by atoms with Crippen molar-refractivity contribution in [2.45, 2.75) is 51.0 Å². The van der Waals surface area contributed by atoms with Gasteiger partial charge in [0.05, 0.1) is 11.3 Å². The summed E-state index contributed by atoms with van der Waals surface area (Å²) in [6.07, 6.45) is 8.66. The Morgan fingerprint density at radius 1 is 1.06 bits per heavy atom. The lowest BCUT2D eigenvalue weighted by molar-refractivity contribution is -0.126. The number of benzene rings is 1. The summed E-state index contributed by atoms with van der Waals surface area (Å²) in [7, 11) is 0. The van der Waals surface area contributed by atoms with E-state index in [0.717, 1.165) is 38.9 Å². The van der Waals surface area contributed by atoms with E-state index in [1.165, 1.54) is 37.6 Å². The van der Waals surface area contributed by atoms with Gasteiger partial charge in [-0.2, -0.15) is 0 Å². The molecule has 2 amide bonds. The second-order valence-electron chi connectivity index (χ2n) is 9.17. The molecule has 7 heteroatoms. The van der Waals surface area contributed by atoms with Crippen molar-refractivity contribution in [1.29, 1.82) is 0 Å². The van der Waals surface area contributed by atoms with Crippen LogP contribution >= 0.6 is 0 Å². The lowest BCUT2D eigenvalue weighted by atomic mass is 9.85. The van der Waals surface area contributed by atoms with Gasteiger partial charge in [0.25, 0.3) is 5.91 Å². The normalized spacial score (nSPS) is 21.4. The monoisotopic (exact) mass is 452 g/mol. The van der Waals surface area contributed by atoms with Gasteiger partial charge in [0, 0.05) is 36.8 Å². The van der Waals surface area contributed by atoms with E-state index >= 15 is 0 Å². The molecular weight excluding hydrogens is 419 g/mol. The molecule has 0 spiro atoms. The van der Waals surface area contributed by atoms with Crippen molar-refractivity contribution in [3.63, 3.8) is 0 Å². The maximum atomic E-state index is 13.4. The van der Waals surface area contributed by atoms with Crippen LogP contribution in [0.25, 0.3) is 11.3 Å². The van der Waals surface area contributed by atoms with Crippen LogP contribution in [0.3, 0.4) is 0 Å². The van der Waals surface area contributed by atoms with Crippen LogP contribution in [0.1, 0.15) is 55.3 Å². The molecule has 2 atom stereocenters. The molecule has 176 valence electrons. The van der Waals surface area contributed by atoms with E-state index < -0.39 is 0 Å². The minimum Gasteiger partial charge on any atom is -0.355 e. The highest BCUT2D eigenvalue weighted by Crippen LogP contribution is 2.25. The molecule has 1 aliphatic heterocycles. The first-order valence-electron chi connectivity index (χ1n) is 12.1. The van der Waals surface area contributed by atoms with Gasteiger partial charge in [-0.25, -0.2) is 4.39 Å². The van der Waals surface area contributed by atoms with Gasteiger partial charge in [-0.15, -0.1) is 0 Å². The fourth-order valence-corrected chi connectivity index (χ4v) is 4.84. The quantitative estimate of drug-likeness (QED) is 0.671. The van der Waals surface area contributed by atoms with Gasteiger partial charge in [0.15, 0.2) is 0 Å². The second-order valence-corrected chi connectivity index (χ2v) is 9.17. The summed E-state index contributed by atoms with van der Waals surface area (Å²) in [6, 6.07) is 9.63. The molecule has 33 heavy (non-hydrogen) atoms. The maximum Gasteiger partial charge on any atom is 0.253 e. The predicted molar refractivity (Wildman–Crippen MR) is 126 cm³/mol. The molecule has 2 unspecified atom stereocenters. The molecule has 1 saturated carbocycles. The van der Waals surface area contributed by atoms with Gasteiger partial charge in [-0.05, 0) is 69.5 Å². The van der Waals surface area contributed by atoms with Crippen molar-refractivity contribution in [2.75, 3.05) is 26.2 Å². The number of pyridine rings is 1. The van der Waals surface area contributed by atoms with E-state index in [0.29, 0.717) is 29.8 Å². The molecule has 1 aromatic carbocycles. The van der Waals surface area contributed by atoms with Crippen LogP contribution < -0.4 is 10.6 Å². The first-order valence-corrected chi connectivity index (χ1v) is 12.1. The molecule has 1 aromatic heterocycles. The zero-order valence-corrected chi connectivity index (χ0v) is 19.1. The molecule has 2 aliphatic rings. The highest BCUT2D eigenvalue weighted by Gasteiger charge is 2.28. The molecule has 2 aromatic rings. The fraction of sp³-hybridized carbons (Fsp3) is 0.500. The number of hydrogen-bond acceptors (Lipinski definition) is 4. The number of rotatable bonds is 7. The molecule has 0 radical (unpaired) electrons. The first kappa shape index (κ1) is 23.4. The summed E-state index contributed by atoms with van der Waals surface area (Å²) in [5, 5.41) is 6.17. The average molecular weight is 453 g/mol. The van der Waals surface area contributed by atoms with Gasteiger partial charge in [0.2, 0.25) is 5.91 Å². The Balaban J connectivity index is 1.25. The van der Waals surface area contributed by atoms with Crippen LogP contribution in [0, 0.1) is 11.7 Å². The van der Waals surface area contributed by atoms with Crippen LogP contribution in [0.5, 0.6) is 0 Å². The minimum atomic E-state index is -0.321. The summed E-state index contributed by atoms with van der Waals surface area (Å²) in [6.45, 7) is 3.86. The third kappa shape index (κ3) is 6.60. The van der Waals surface area contributed by atoms with Gasteiger partial charge in [-0.1, -0.05) is 25.0 Å². The van der Waals surface area contributed by atoms with Crippen molar-refractivity contribution in [1.82, 2.24) is 20.5 Å². The summed E-state index contributed by atoms with van der Waals surface area (Å²) in [5.74, 6) is -0.464. The number of nitrogens with one attached hydrogen (secondary N) is 2. The second kappa shape index (κ2) is 11.4. The topological polar surface area (TPSA) is 74.3 Å². The maximum absolute atomic E-state index is 13.4. The number of hydrogen-bond donors (Lipinski definition) is 2. The van der Waals surface area contributed by atoms with Gasteiger partial charge in [0.1, 0.15) is 5.82 Å². The minimum absolute atomic E-state index is 0.0213. The van der Waals surface area contributed by atoms with Crippen molar-refractivity contribution in [3.05, 3.63) is 54.0 Å². The Kier molecular flexibility index (Phi) is 8.05. The Bertz CT molecular complexity index is 944. The van der Waals surface area contributed by atoms with Gasteiger partial charge in [-0.3, -0.25) is 14.6 Å². The molecule has 4 rings (SSSR count). The number of aromatic nitrogens is 1. The number of amides is 2. The Hall–Kier alpha value is -2.80. The molecule has 6 nitrogen and oxygen atoms in total. The van der Waals surface area contributed by atoms with E-state index in [-0.39, 0.29) is 29.6 Å². The first-order chi connectivity index (χ1) is 16.1. The van der Waals surface area contributed by atoms with Crippen molar-refractivity contribution in [2.24, 2.45) is 5.92 Å². The number of carbonyl (C=O) groups excluding carboxylic acids is 2. The Morgan fingerprint density at radius 3 is 2.67 bits per heavy atom. The number of likely N-dealkylation sites (tertiary alicyclic amines) is 1. The van der Waals surface area contributed by atoms with E-state index in [1.807, 2.05) is 0 Å². The van der Waals surface area contributed by atoms with E-state index in [1.54, 1.807) is 24.3 Å². The summed E-state index contributed by atoms with van der Waals surface area (Å²) < 4.78 is 13.4. The largest absolute Gasteiger partial charge is 0.355 e. The lowest BCUT2D eigenvalue weighted by Gasteiger charge is -2.30. The highest BCUT2D eigenvalue weighted by atomic mass is 19.1. The van der Waals surface area contributed by atoms with E-state index in [2.05, 4.69) is 20.5 Å². The van der Waals surface area contributed by atoms with Crippen molar-refractivity contribution < 1.29 is 14.0 Å². The molecular formula is C26H33FN4O2. The smallest absolute Gasteiger partial charge is 0.253 e. The number of carbonyl (C=O) groups is 2. The van der Waals surface area contributed by atoms with Gasteiger partial charge < -0.3 is 15.5 Å².